The lowest BCUT2D eigenvalue weighted by Crippen LogP contribution is -2.39. The van der Waals surface area contributed by atoms with E-state index in [1.54, 1.807) is 19.5 Å². The average molecular weight is 376 g/mol. The van der Waals surface area contributed by atoms with Gasteiger partial charge in [-0.2, -0.15) is 0 Å². The number of hydrogen-bond donors (Lipinski definition) is 2. The summed E-state index contributed by atoms with van der Waals surface area (Å²) in [6.45, 7) is 5.77. The highest BCUT2D eigenvalue weighted by atomic mass is 16.6. The highest BCUT2D eigenvalue weighted by molar-refractivity contribution is 5.72. The first kappa shape index (κ1) is 21.5. The number of aliphatic hydroxyl groups is 2. The molecule has 0 aliphatic carbocycles. The fraction of sp³-hybridized carbons (Fsp3) is 0.591. The van der Waals surface area contributed by atoms with E-state index < -0.39 is 17.8 Å². The largest absolute Gasteiger partial charge is 0.472 e. The van der Waals surface area contributed by atoms with E-state index in [0.29, 0.717) is 32.1 Å². The summed E-state index contributed by atoms with van der Waals surface area (Å²) in [5, 5.41) is 20.6. The number of esters is 1. The molecule has 0 aromatic carbocycles. The number of allylic oxidation sites excluding steroid dienone is 2. The minimum absolute atomic E-state index is 0.241. The Bertz CT molecular complexity index is 658. The van der Waals surface area contributed by atoms with Crippen molar-refractivity contribution in [2.24, 2.45) is 0 Å². The molecule has 3 atom stereocenters. The first-order valence-corrected chi connectivity index (χ1v) is 9.70. The van der Waals surface area contributed by atoms with Crippen molar-refractivity contribution in [1.29, 1.82) is 0 Å². The normalized spacial score (nSPS) is 23.4. The maximum atomic E-state index is 11.3. The maximum Gasteiger partial charge on any atom is 0.306 e. The summed E-state index contributed by atoms with van der Waals surface area (Å²) in [6.07, 6.45) is 10.8. The second-order valence-electron chi connectivity index (χ2n) is 7.85. The smallest absolute Gasteiger partial charge is 0.306 e. The first-order chi connectivity index (χ1) is 12.8. The number of aliphatic hydroxyl groups excluding tert-OH is 2. The highest BCUT2D eigenvalue weighted by Gasteiger charge is 2.41. The Morgan fingerprint density at radius 3 is 2.74 bits per heavy atom. The molecule has 5 nitrogen and oxygen atoms in total. The molecule has 2 rings (SSSR count). The van der Waals surface area contributed by atoms with Gasteiger partial charge in [0.1, 0.15) is 5.60 Å². The van der Waals surface area contributed by atoms with Crippen LogP contribution in [0.5, 0.6) is 0 Å². The summed E-state index contributed by atoms with van der Waals surface area (Å²) in [7, 11) is 0. The molecular weight excluding hydrogens is 344 g/mol. The minimum atomic E-state index is -0.774. The molecule has 1 saturated heterocycles. The SMILES string of the molecule is C/C(=C\C(O)C/C(C)=C/CCc1ccoc1)CC[C@@H](O)[C@]1(C)CCC(=O)O1. The quantitative estimate of drug-likeness (QED) is 0.475. The van der Waals surface area contributed by atoms with Gasteiger partial charge in [-0.15, -0.1) is 0 Å². The lowest BCUT2D eigenvalue weighted by Gasteiger charge is -2.28. The monoisotopic (exact) mass is 376 g/mol. The second-order valence-corrected chi connectivity index (χ2v) is 7.85. The lowest BCUT2D eigenvalue weighted by molar-refractivity contribution is -0.156. The number of aryl methyl sites for hydroxylation is 1. The van der Waals surface area contributed by atoms with Crippen molar-refractivity contribution in [2.75, 3.05) is 0 Å². The molecule has 2 heterocycles. The predicted molar refractivity (Wildman–Crippen MR) is 104 cm³/mol. The van der Waals surface area contributed by atoms with Crippen molar-refractivity contribution in [3.05, 3.63) is 47.5 Å². The zero-order chi connectivity index (χ0) is 19.9. The van der Waals surface area contributed by atoms with Crippen molar-refractivity contribution in [2.45, 2.75) is 83.5 Å². The van der Waals surface area contributed by atoms with Gasteiger partial charge in [-0.25, -0.2) is 0 Å². The number of hydrogen-bond acceptors (Lipinski definition) is 5. The standard InChI is InChI=1S/C22H32O5/c1-16(5-4-6-18-10-12-26-15-18)13-19(23)14-17(2)7-8-20(24)22(3)11-9-21(25)27-22/h5,10,12,14-15,19-20,23-24H,4,6-9,11,13H2,1-3H3/b16-5+,17-14+/t19?,20-,22+/m1/s1. The van der Waals surface area contributed by atoms with Gasteiger partial charge in [-0.3, -0.25) is 4.79 Å². The van der Waals surface area contributed by atoms with Gasteiger partial charge < -0.3 is 19.4 Å². The first-order valence-electron chi connectivity index (χ1n) is 9.70. The zero-order valence-corrected chi connectivity index (χ0v) is 16.6. The van der Waals surface area contributed by atoms with Gasteiger partial charge in [-0.1, -0.05) is 23.3 Å². The van der Waals surface area contributed by atoms with Gasteiger partial charge in [0, 0.05) is 6.42 Å². The molecule has 1 aromatic rings. The lowest BCUT2D eigenvalue weighted by atomic mass is 9.91. The van der Waals surface area contributed by atoms with Gasteiger partial charge >= 0.3 is 5.97 Å². The molecule has 2 N–H and O–H groups in total. The Kier molecular flexibility index (Phi) is 7.87. The van der Waals surface area contributed by atoms with Crippen LogP contribution in [0.3, 0.4) is 0 Å². The van der Waals surface area contributed by atoms with Crippen LogP contribution in [0.25, 0.3) is 0 Å². The van der Waals surface area contributed by atoms with Crippen LogP contribution in [-0.2, 0) is 16.0 Å². The van der Waals surface area contributed by atoms with Crippen molar-refractivity contribution in [3.63, 3.8) is 0 Å². The third-order valence-electron chi connectivity index (χ3n) is 5.20. The van der Waals surface area contributed by atoms with Crippen LogP contribution < -0.4 is 0 Å². The zero-order valence-electron chi connectivity index (χ0n) is 16.6. The number of carbonyl (C=O) groups excluding carboxylic acids is 1. The Morgan fingerprint density at radius 1 is 1.33 bits per heavy atom. The van der Waals surface area contributed by atoms with E-state index in [1.165, 1.54) is 5.56 Å². The van der Waals surface area contributed by atoms with Crippen molar-refractivity contribution < 1.29 is 24.2 Å². The molecule has 150 valence electrons. The van der Waals surface area contributed by atoms with Gasteiger partial charge in [0.2, 0.25) is 0 Å². The summed E-state index contributed by atoms with van der Waals surface area (Å²) in [4.78, 5) is 11.3. The van der Waals surface area contributed by atoms with E-state index in [9.17, 15) is 15.0 Å². The Balaban J connectivity index is 1.73. The van der Waals surface area contributed by atoms with Crippen LogP contribution in [0.1, 0.15) is 64.9 Å². The molecule has 1 unspecified atom stereocenters. The van der Waals surface area contributed by atoms with Crippen molar-refractivity contribution >= 4 is 5.97 Å². The summed E-state index contributed by atoms with van der Waals surface area (Å²) in [6, 6.07) is 1.96. The Morgan fingerprint density at radius 2 is 2.11 bits per heavy atom. The molecule has 0 bridgehead atoms. The summed E-state index contributed by atoms with van der Waals surface area (Å²) < 4.78 is 10.3. The predicted octanol–water partition coefficient (Wildman–Crippen LogP) is 4.09. The van der Waals surface area contributed by atoms with E-state index in [1.807, 2.05) is 26.0 Å². The number of ether oxygens (including phenoxy) is 1. The van der Waals surface area contributed by atoms with Crippen molar-refractivity contribution in [3.8, 4) is 0 Å². The van der Waals surface area contributed by atoms with Crippen LogP contribution in [0.4, 0.5) is 0 Å². The van der Waals surface area contributed by atoms with Crippen LogP contribution in [0.2, 0.25) is 0 Å². The number of cyclic esters (lactones) is 1. The van der Waals surface area contributed by atoms with Crippen molar-refractivity contribution in [1.82, 2.24) is 0 Å². The second kappa shape index (κ2) is 9.90. The third kappa shape index (κ3) is 7.00. The van der Waals surface area contributed by atoms with E-state index in [2.05, 4.69) is 6.08 Å². The molecule has 5 heteroatoms. The molecule has 0 radical (unpaired) electrons. The van der Waals surface area contributed by atoms with E-state index in [0.717, 1.165) is 24.0 Å². The number of furan rings is 1. The summed E-state index contributed by atoms with van der Waals surface area (Å²) in [5.74, 6) is -0.241. The fourth-order valence-corrected chi connectivity index (χ4v) is 3.42. The molecule has 1 aromatic heterocycles. The van der Waals surface area contributed by atoms with Crippen LogP contribution in [-0.4, -0.2) is 34.0 Å². The van der Waals surface area contributed by atoms with Crippen LogP contribution >= 0.6 is 0 Å². The number of carbonyl (C=O) groups is 1. The number of rotatable bonds is 10. The molecule has 1 fully saturated rings. The third-order valence-corrected chi connectivity index (χ3v) is 5.20. The van der Waals surface area contributed by atoms with E-state index >= 15 is 0 Å². The Labute approximate surface area is 161 Å². The topological polar surface area (TPSA) is 79.9 Å². The molecule has 27 heavy (non-hydrogen) atoms. The maximum absolute atomic E-state index is 11.3. The van der Waals surface area contributed by atoms with E-state index in [-0.39, 0.29) is 5.97 Å². The molecule has 0 amide bonds. The van der Waals surface area contributed by atoms with E-state index in [4.69, 9.17) is 9.15 Å². The molecule has 1 aliphatic heterocycles. The van der Waals surface area contributed by atoms with Crippen LogP contribution in [0.15, 0.2) is 46.3 Å². The fourth-order valence-electron chi connectivity index (χ4n) is 3.42. The van der Waals surface area contributed by atoms with Gasteiger partial charge in [-0.05, 0) is 70.9 Å². The molecular formula is C22H32O5. The van der Waals surface area contributed by atoms with Gasteiger partial charge in [0.05, 0.1) is 24.7 Å². The van der Waals surface area contributed by atoms with Crippen LogP contribution in [0, 0.1) is 0 Å². The van der Waals surface area contributed by atoms with Gasteiger partial charge in [0.25, 0.3) is 0 Å². The minimum Gasteiger partial charge on any atom is -0.472 e. The molecule has 0 spiro atoms. The van der Waals surface area contributed by atoms with Gasteiger partial charge in [0.15, 0.2) is 0 Å². The Hall–Kier alpha value is -1.85. The summed E-state index contributed by atoms with van der Waals surface area (Å²) >= 11 is 0. The molecule has 0 saturated carbocycles. The highest BCUT2D eigenvalue weighted by Crippen LogP contribution is 2.32. The summed E-state index contributed by atoms with van der Waals surface area (Å²) in [5.41, 5.74) is 2.58. The average Bonchev–Trinajstić information content (AvgIpc) is 3.22. The molecule has 1 aliphatic rings.